The van der Waals surface area contributed by atoms with Crippen molar-refractivity contribution in [3.05, 3.63) is 23.8 Å². The highest BCUT2D eigenvalue weighted by Gasteiger charge is 2.49. The fourth-order valence-electron chi connectivity index (χ4n) is 1.27. The molecule has 0 saturated carbocycles. The molecule has 0 aliphatic carbocycles. The molecule has 0 aromatic heterocycles. The van der Waals surface area contributed by atoms with Gasteiger partial charge in [-0.05, 0) is 17.7 Å². The van der Waals surface area contributed by atoms with E-state index in [1.54, 1.807) is 5.32 Å². The van der Waals surface area contributed by atoms with Crippen LogP contribution in [-0.2, 0) is 11.3 Å². The van der Waals surface area contributed by atoms with Gasteiger partial charge in [0.2, 0.25) is 0 Å². The molecule has 0 fully saturated rings. The predicted octanol–water partition coefficient (Wildman–Crippen LogP) is 1.99. The molecule has 106 valence electrons. The molecule has 0 aliphatic heterocycles. The highest BCUT2D eigenvalue weighted by molar-refractivity contribution is 5.97. The van der Waals surface area contributed by atoms with E-state index in [2.05, 4.69) is 0 Å². The van der Waals surface area contributed by atoms with Crippen LogP contribution in [0.25, 0.3) is 0 Å². The topological polar surface area (TPSA) is 64.3 Å². The van der Waals surface area contributed by atoms with Crippen molar-refractivity contribution in [2.75, 3.05) is 12.4 Å². The van der Waals surface area contributed by atoms with E-state index in [0.717, 1.165) is 0 Å². The summed E-state index contributed by atoms with van der Waals surface area (Å²) in [7, 11) is 1.25. The zero-order valence-electron chi connectivity index (χ0n) is 9.92. The number of halogens is 4. The number of hydrogen-bond acceptors (Lipinski definition) is 3. The molecule has 0 aliphatic rings. The van der Waals surface area contributed by atoms with Gasteiger partial charge in [-0.3, -0.25) is 4.79 Å². The van der Waals surface area contributed by atoms with E-state index in [9.17, 15) is 22.4 Å². The fourth-order valence-corrected chi connectivity index (χ4v) is 1.27. The van der Waals surface area contributed by atoms with Crippen molar-refractivity contribution in [3.8, 4) is 5.75 Å². The largest absolute Gasteiger partial charge is 0.495 e. The first-order valence-electron chi connectivity index (χ1n) is 5.17. The zero-order valence-corrected chi connectivity index (χ0v) is 9.92. The first kappa shape index (κ1) is 15.2. The average Bonchev–Trinajstić information content (AvgIpc) is 2.38. The van der Waals surface area contributed by atoms with Gasteiger partial charge in [0.1, 0.15) is 5.75 Å². The zero-order chi connectivity index (χ0) is 14.6. The molecule has 0 radical (unpaired) electrons. The Kier molecular flexibility index (Phi) is 4.71. The molecular weight excluding hydrogens is 268 g/mol. The Hall–Kier alpha value is -1.83. The molecule has 1 amide bonds. The minimum Gasteiger partial charge on any atom is -0.495 e. The van der Waals surface area contributed by atoms with Crippen molar-refractivity contribution in [2.45, 2.75) is 18.9 Å². The first-order chi connectivity index (χ1) is 8.82. The number of hydrogen-bond donors (Lipinski definition) is 2. The number of benzene rings is 1. The summed E-state index contributed by atoms with van der Waals surface area (Å²) in [5.41, 5.74) is 5.87. The van der Waals surface area contributed by atoms with Crippen molar-refractivity contribution >= 4 is 11.6 Å². The van der Waals surface area contributed by atoms with Crippen LogP contribution < -0.4 is 15.8 Å². The fraction of sp³-hybridized carbons (Fsp3) is 0.364. The van der Waals surface area contributed by atoms with Crippen LogP contribution in [0.5, 0.6) is 5.75 Å². The number of alkyl halides is 4. The lowest BCUT2D eigenvalue weighted by Gasteiger charge is -2.16. The molecular formula is C11H12F4N2O2. The van der Waals surface area contributed by atoms with Gasteiger partial charge < -0.3 is 15.8 Å². The normalized spacial score (nSPS) is 11.5. The first-order valence-corrected chi connectivity index (χ1v) is 5.17. The number of anilines is 1. The molecule has 4 nitrogen and oxygen atoms in total. The summed E-state index contributed by atoms with van der Waals surface area (Å²) >= 11 is 0. The Morgan fingerprint density at radius 3 is 2.58 bits per heavy atom. The maximum absolute atomic E-state index is 12.8. The van der Waals surface area contributed by atoms with E-state index in [1.165, 1.54) is 25.3 Å². The predicted molar refractivity (Wildman–Crippen MR) is 60.5 cm³/mol. The molecule has 0 heterocycles. The van der Waals surface area contributed by atoms with Crippen LogP contribution in [0.15, 0.2) is 18.2 Å². The van der Waals surface area contributed by atoms with Crippen LogP contribution in [0.2, 0.25) is 0 Å². The third kappa shape index (κ3) is 3.34. The van der Waals surface area contributed by atoms with Gasteiger partial charge in [0.15, 0.2) is 0 Å². The van der Waals surface area contributed by atoms with Gasteiger partial charge >= 0.3 is 18.3 Å². The summed E-state index contributed by atoms with van der Waals surface area (Å²) < 4.78 is 54.4. The summed E-state index contributed by atoms with van der Waals surface area (Å²) in [5.74, 6) is -6.81. The minimum atomic E-state index is -4.77. The molecule has 19 heavy (non-hydrogen) atoms. The molecule has 3 N–H and O–H groups in total. The summed E-state index contributed by atoms with van der Waals surface area (Å²) in [6, 6.07) is 4.12. The summed E-state index contributed by atoms with van der Waals surface area (Å²) in [4.78, 5) is 11.1. The lowest BCUT2D eigenvalue weighted by molar-refractivity contribution is -0.163. The Labute approximate surface area is 106 Å². The van der Waals surface area contributed by atoms with Gasteiger partial charge in [-0.15, -0.1) is 0 Å². The molecule has 0 bridgehead atoms. The van der Waals surface area contributed by atoms with Crippen LogP contribution >= 0.6 is 0 Å². The monoisotopic (exact) mass is 280 g/mol. The number of rotatable bonds is 5. The Bertz CT molecular complexity index is 466. The Balaban J connectivity index is 2.97. The van der Waals surface area contributed by atoms with Crippen molar-refractivity contribution < 1.29 is 27.1 Å². The number of nitrogens with one attached hydrogen (secondary N) is 1. The third-order valence-corrected chi connectivity index (χ3v) is 2.33. The lowest BCUT2D eigenvalue weighted by Crippen LogP contribution is -2.41. The number of carbonyl (C=O) groups excluding carboxylic acids is 1. The molecule has 1 rings (SSSR count). The Morgan fingerprint density at radius 2 is 2.11 bits per heavy atom. The summed E-state index contributed by atoms with van der Waals surface area (Å²) in [6.07, 6.45) is -4.08. The van der Waals surface area contributed by atoms with Crippen molar-refractivity contribution in [1.82, 2.24) is 0 Å². The van der Waals surface area contributed by atoms with Crippen LogP contribution in [-0.4, -0.2) is 25.4 Å². The van der Waals surface area contributed by atoms with Gasteiger partial charge in [0, 0.05) is 6.54 Å². The number of nitrogens with two attached hydrogens (primary N) is 1. The quantitative estimate of drug-likeness (QED) is 0.811. The van der Waals surface area contributed by atoms with Gasteiger partial charge in [0.25, 0.3) is 0 Å². The van der Waals surface area contributed by atoms with E-state index in [-0.39, 0.29) is 18.0 Å². The second-order valence-electron chi connectivity index (χ2n) is 3.62. The molecule has 0 atom stereocenters. The van der Waals surface area contributed by atoms with Gasteiger partial charge in [-0.2, -0.15) is 8.78 Å². The van der Waals surface area contributed by atoms with E-state index in [1.807, 2.05) is 0 Å². The summed E-state index contributed by atoms with van der Waals surface area (Å²) in [5, 5.41) is 1.70. The second kappa shape index (κ2) is 5.87. The molecule has 0 unspecified atom stereocenters. The maximum atomic E-state index is 12.8. The highest BCUT2D eigenvalue weighted by atomic mass is 19.3. The van der Waals surface area contributed by atoms with Crippen LogP contribution in [0.3, 0.4) is 0 Å². The molecule has 0 spiro atoms. The maximum Gasteiger partial charge on any atom is 0.383 e. The van der Waals surface area contributed by atoms with Crippen LogP contribution in [0.1, 0.15) is 5.56 Å². The average molecular weight is 280 g/mol. The second-order valence-corrected chi connectivity index (χ2v) is 3.62. The smallest absolute Gasteiger partial charge is 0.383 e. The van der Waals surface area contributed by atoms with E-state index in [4.69, 9.17) is 10.5 Å². The van der Waals surface area contributed by atoms with Crippen molar-refractivity contribution in [2.24, 2.45) is 5.73 Å². The minimum absolute atomic E-state index is 0.0568. The Morgan fingerprint density at radius 1 is 1.47 bits per heavy atom. The van der Waals surface area contributed by atoms with Crippen molar-refractivity contribution in [3.63, 3.8) is 0 Å². The van der Waals surface area contributed by atoms with Gasteiger partial charge in [0.05, 0.1) is 12.8 Å². The lowest BCUT2D eigenvalue weighted by atomic mass is 10.2. The van der Waals surface area contributed by atoms with E-state index in [0.29, 0.717) is 5.56 Å². The molecule has 8 heteroatoms. The van der Waals surface area contributed by atoms with E-state index < -0.39 is 18.3 Å². The van der Waals surface area contributed by atoms with E-state index >= 15 is 0 Å². The third-order valence-electron chi connectivity index (χ3n) is 2.33. The summed E-state index contributed by atoms with van der Waals surface area (Å²) in [6.45, 7) is 0.178. The SMILES string of the molecule is COc1cc(CN)ccc1NC(=O)C(F)(F)C(F)F. The molecule has 1 aromatic carbocycles. The highest BCUT2D eigenvalue weighted by Crippen LogP contribution is 2.29. The van der Waals surface area contributed by atoms with Gasteiger partial charge in [-0.25, -0.2) is 8.78 Å². The van der Waals surface area contributed by atoms with Gasteiger partial charge in [-0.1, -0.05) is 6.07 Å². The number of amides is 1. The standard InChI is InChI=1S/C11H12F4N2O2/c1-19-8-4-6(5-16)2-3-7(8)17-10(18)11(14,15)9(12)13/h2-4,9H,5,16H2,1H3,(H,17,18). The van der Waals surface area contributed by atoms with Crippen LogP contribution in [0.4, 0.5) is 23.2 Å². The van der Waals surface area contributed by atoms with Crippen LogP contribution in [0, 0.1) is 0 Å². The number of ether oxygens (including phenoxy) is 1. The van der Waals surface area contributed by atoms with Crippen molar-refractivity contribution in [1.29, 1.82) is 0 Å². The number of carbonyl (C=O) groups is 1. The number of methoxy groups -OCH3 is 1. The molecule has 0 saturated heterocycles. The molecule has 1 aromatic rings.